The van der Waals surface area contributed by atoms with Gasteiger partial charge in [0.05, 0.1) is 4.92 Å². The molecule has 0 unspecified atom stereocenters. The summed E-state index contributed by atoms with van der Waals surface area (Å²) in [4.78, 5) is 20.5. The Balaban J connectivity index is 2.00. The number of hydrogen-bond donors (Lipinski definition) is 2. The van der Waals surface area contributed by atoms with Gasteiger partial charge >= 0.3 is 5.97 Å². The predicted molar refractivity (Wildman–Crippen MR) is 99.8 cm³/mol. The van der Waals surface area contributed by atoms with E-state index in [1.54, 1.807) is 0 Å². The van der Waals surface area contributed by atoms with E-state index < -0.39 is 32.6 Å². The summed E-state index contributed by atoms with van der Waals surface area (Å²) in [6.45, 7) is 0. The molecule has 1 aromatic rings. The summed E-state index contributed by atoms with van der Waals surface area (Å²) < 4.78 is 27.8. The van der Waals surface area contributed by atoms with Gasteiger partial charge in [-0.3, -0.25) is 14.9 Å². The molecule has 0 spiro atoms. The van der Waals surface area contributed by atoms with Crippen LogP contribution in [-0.2, 0) is 14.8 Å². The van der Waals surface area contributed by atoms with E-state index in [2.05, 4.69) is 4.72 Å². The van der Waals surface area contributed by atoms with Crippen LogP contribution in [0, 0.1) is 10.1 Å². The van der Waals surface area contributed by atoms with Crippen molar-refractivity contribution in [3.63, 3.8) is 0 Å². The number of nitro groups is 1. The number of benzene rings is 1. The first-order valence-electron chi connectivity index (χ1n) is 8.62. The zero-order chi connectivity index (χ0) is 19.9. The van der Waals surface area contributed by atoms with Crippen LogP contribution in [0.25, 0.3) is 0 Å². The van der Waals surface area contributed by atoms with E-state index in [0.717, 1.165) is 12.0 Å². The van der Waals surface area contributed by atoms with Crippen LogP contribution < -0.4 is 4.72 Å². The number of allylic oxidation sites excluding steroid dienone is 3. The van der Waals surface area contributed by atoms with E-state index in [-0.39, 0.29) is 11.3 Å². The highest BCUT2D eigenvalue weighted by atomic mass is 32.2. The van der Waals surface area contributed by atoms with Gasteiger partial charge < -0.3 is 5.11 Å². The van der Waals surface area contributed by atoms with E-state index in [9.17, 15) is 23.3 Å². The monoisotopic (exact) mass is 394 g/mol. The number of nitrogens with zero attached hydrogens (tertiary/aromatic N) is 1. The molecule has 0 fully saturated rings. The summed E-state index contributed by atoms with van der Waals surface area (Å²) in [5.41, 5.74) is 0.457. The van der Waals surface area contributed by atoms with Crippen LogP contribution in [0.4, 0.5) is 5.69 Å². The Bertz CT molecular complexity index is 860. The summed E-state index contributed by atoms with van der Waals surface area (Å²) in [6, 6.07) is 4.86. The first kappa shape index (κ1) is 20.8. The Morgan fingerprint density at radius 3 is 2.78 bits per heavy atom. The van der Waals surface area contributed by atoms with E-state index in [1.807, 2.05) is 18.2 Å². The van der Waals surface area contributed by atoms with E-state index in [1.165, 1.54) is 24.3 Å². The molecule has 0 aromatic heterocycles. The topological polar surface area (TPSA) is 127 Å². The van der Waals surface area contributed by atoms with Gasteiger partial charge in [-0.2, -0.15) is 0 Å². The van der Waals surface area contributed by atoms with Crippen molar-refractivity contribution in [3.8, 4) is 0 Å². The molecule has 146 valence electrons. The highest BCUT2D eigenvalue weighted by Crippen LogP contribution is 2.27. The van der Waals surface area contributed by atoms with Gasteiger partial charge in [-0.15, -0.1) is 0 Å². The van der Waals surface area contributed by atoms with Crippen molar-refractivity contribution in [1.82, 2.24) is 4.72 Å². The lowest BCUT2D eigenvalue weighted by atomic mass is 10.1. The standard InChI is InChI=1S/C18H22N2O6S/c21-18(22)13-4-2-1-3-8-14-9-7-10-15(14)19-27(25,26)17-12-6-5-11-16(17)20(23)24/h1,3,5-6,9,11-12,15,19H,2,4,7-8,10,13H2,(H,21,22)/b3-1-/t15-/m0/s1. The van der Waals surface area contributed by atoms with Crippen molar-refractivity contribution in [1.29, 1.82) is 0 Å². The average Bonchev–Trinajstić information content (AvgIpc) is 3.04. The molecule has 1 atom stereocenters. The second-order valence-corrected chi connectivity index (χ2v) is 7.90. The molecule has 0 bridgehead atoms. The number of aliphatic carboxylic acids is 1. The second kappa shape index (κ2) is 9.43. The Morgan fingerprint density at radius 2 is 2.07 bits per heavy atom. The van der Waals surface area contributed by atoms with Crippen LogP contribution >= 0.6 is 0 Å². The summed E-state index contributed by atoms with van der Waals surface area (Å²) in [6.07, 6.45) is 8.94. The largest absolute Gasteiger partial charge is 0.481 e. The molecular formula is C18H22N2O6S. The molecule has 1 aliphatic rings. The fourth-order valence-electron chi connectivity index (χ4n) is 2.92. The van der Waals surface area contributed by atoms with Crippen LogP contribution in [0.1, 0.15) is 38.5 Å². The number of carboxylic acids is 1. The Hall–Kier alpha value is -2.52. The number of nitrogens with one attached hydrogen (secondary N) is 1. The maximum Gasteiger partial charge on any atom is 0.303 e. The van der Waals surface area contributed by atoms with Crippen LogP contribution in [0.5, 0.6) is 0 Å². The van der Waals surface area contributed by atoms with Gasteiger partial charge in [0.15, 0.2) is 4.90 Å². The van der Waals surface area contributed by atoms with Crippen molar-refractivity contribution >= 4 is 21.7 Å². The molecule has 1 aliphatic carbocycles. The van der Waals surface area contributed by atoms with Crippen LogP contribution in [0.15, 0.2) is 53.0 Å². The molecule has 2 rings (SSSR count). The maximum atomic E-state index is 12.6. The molecular weight excluding hydrogens is 372 g/mol. The fraction of sp³-hybridized carbons (Fsp3) is 0.389. The van der Waals surface area contributed by atoms with Gasteiger partial charge in [-0.1, -0.05) is 35.9 Å². The van der Waals surface area contributed by atoms with Gasteiger partial charge in [-0.05, 0) is 38.2 Å². The van der Waals surface area contributed by atoms with Crippen molar-refractivity contribution < 1.29 is 23.2 Å². The van der Waals surface area contributed by atoms with E-state index in [4.69, 9.17) is 5.11 Å². The highest BCUT2D eigenvalue weighted by Gasteiger charge is 2.29. The van der Waals surface area contributed by atoms with Gasteiger partial charge in [0.2, 0.25) is 10.0 Å². The van der Waals surface area contributed by atoms with Gasteiger partial charge in [0.1, 0.15) is 0 Å². The maximum absolute atomic E-state index is 12.6. The Morgan fingerprint density at radius 1 is 1.33 bits per heavy atom. The zero-order valence-corrected chi connectivity index (χ0v) is 15.5. The smallest absolute Gasteiger partial charge is 0.303 e. The minimum atomic E-state index is -4.02. The number of nitro benzene ring substituents is 1. The quantitative estimate of drug-likeness (QED) is 0.272. The third-order valence-electron chi connectivity index (χ3n) is 4.24. The van der Waals surface area contributed by atoms with Gasteiger partial charge in [-0.25, -0.2) is 13.1 Å². The van der Waals surface area contributed by atoms with Crippen LogP contribution in [0.3, 0.4) is 0 Å². The molecule has 27 heavy (non-hydrogen) atoms. The van der Waals surface area contributed by atoms with Crippen molar-refractivity contribution in [2.45, 2.75) is 49.5 Å². The molecule has 1 aromatic carbocycles. The third kappa shape index (κ3) is 6.00. The number of para-hydroxylation sites is 1. The summed E-state index contributed by atoms with van der Waals surface area (Å²) >= 11 is 0. The Labute approximate surface area is 157 Å². The number of carboxylic acid groups (broad SMARTS) is 1. The molecule has 0 saturated carbocycles. The highest BCUT2D eigenvalue weighted by molar-refractivity contribution is 7.89. The lowest BCUT2D eigenvalue weighted by Gasteiger charge is -2.16. The van der Waals surface area contributed by atoms with Crippen molar-refractivity contribution in [2.75, 3.05) is 0 Å². The zero-order valence-electron chi connectivity index (χ0n) is 14.7. The van der Waals surface area contributed by atoms with Gasteiger partial charge in [0, 0.05) is 18.5 Å². The van der Waals surface area contributed by atoms with E-state index >= 15 is 0 Å². The summed E-state index contributed by atoms with van der Waals surface area (Å²) in [5.74, 6) is -0.827. The first-order chi connectivity index (χ1) is 12.8. The molecule has 2 N–H and O–H groups in total. The SMILES string of the molecule is O=C(O)CCC/C=C\CC1=CCC[C@@H]1NS(=O)(=O)c1ccccc1[N+](=O)[O-]. The van der Waals surface area contributed by atoms with Crippen LogP contribution in [0.2, 0.25) is 0 Å². The molecule has 0 saturated heterocycles. The average molecular weight is 394 g/mol. The number of hydrogen-bond acceptors (Lipinski definition) is 5. The minimum Gasteiger partial charge on any atom is -0.481 e. The van der Waals surface area contributed by atoms with Crippen LogP contribution in [-0.4, -0.2) is 30.5 Å². The number of sulfonamides is 1. The predicted octanol–water partition coefficient (Wildman–Crippen LogP) is 3.16. The second-order valence-electron chi connectivity index (χ2n) is 6.22. The number of carbonyl (C=O) groups is 1. The molecule has 0 radical (unpaired) electrons. The number of rotatable bonds is 10. The fourth-order valence-corrected chi connectivity index (χ4v) is 4.36. The lowest BCUT2D eigenvalue weighted by molar-refractivity contribution is -0.387. The summed E-state index contributed by atoms with van der Waals surface area (Å²) in [5, 5.41) is 19.7. The number of unbranched alkanes of at least 4 members (excludes halogenated alkanes) is 1. The first-order valence-corrected chi connectivity index (χ1v) is 10.1. The molecule has 0 amide bonds. The normalized spacial score (nSPS) is 17.2. The molecule has 0 aliphatic heterocycles. The third-order valence-corrected chi connectivity index (χ3v) is 5.76. The molecule has 0 heterocycles. The van der Waals surface area contributed by atoms with Gasteiger partial charge in [0.25, 0.3) is 5.69 Å². The minimum absolute atomic E-state index is 0.116. The lowest BCUT2D eigenvalue weighted by Crippen LogP contribution is -2.34. The van der Waals surface area contributed by atoms with Crippen molar-refractivity contribution in [3.05, 3.63) is 58.2 Å². The molecule has 9 heteroatoms. The summed E-state index contributed by atoms with van der Waals surface area (Å²) in [7, 11) is -4.02. The van der Waals surface area contributed by atoms with E-state index in [0.29, 0.717) is 25.7 Å². The van der Waals surface area contributed by atoms with Crippen molar-refractivity contribution in [2.24, 2.45) is 0 Å². The molecule has 8 nitrogen and oxygen atoms in total. The Kier molecular flexibility index (Phi) is 7.26.